The zero-order valence-corrected chi connectivity index (χ0v) is 17.8. The number of aromatic nitrogens is 2. The van der Waals surface area contributed by atoms with Crippen LogP contribution >= 0.6 is 0 Å². The summed E-state index contributed by atoms with van der Waals surface area (Å²) in [5, 5.41) is 9.44. The van der Waals surface area contributed by atoms with Crippen LogP contribution in [0.15, 0.2) is 36.4 Å². The van der Waals surface area contributed by atoms with Gasteiger partial charge in [0.25, 0.3) is 0 Å². The maximum Gasteiger partial charge on any atom is 0.335 e. The molecule has 2 aliphatic rings. The predicted octanol–water partition coefficient (Wildman–Crippen LogP) is 4.38. The Morgan fingerprint density at radius 3 is 2.74 bits per heavy atom. The van der Waals surface area contributed by atoms with Crippen molar-refractivity contribution in [3.63, 3.8) is 0 Å². The summed E-state index contributed by atoms with van der Waals surface area (Å²) in [5.74, 6) is 0.722. The summed E-state index contributed by atoms with van der Waals surface area (Å²) in [7, 11) is 0. The van der Waals surface area contributed by atoms with Crippen molar-refractivity contribution in [3.05, 3.63) is 59.2 Å². The van der Waals surface area contributed by atoms with Crippen LogP contribution in [0, 0.1) is 5.82 Å². The topological polar surface area (TPSA) is 67.6 Å². The number of piperidine rings is 1. The summed E-state index contributed by atoms with van der Waals surface area (Å²) in [5.41, 5.74) is 2.51. The van der Waals surface area contributed by atoms with Crippen LogP contribution in [-0.4, -0.2) is 45.2 Å². The number of hydrogen-bond donors (Lipinski definition) is 1. The van der Waals surface area contributed by atoms with E-state index in [4.69, 9.17) is 9.72 Å². The van der Waals surface area contributed by atoms with Crippen LogP contribution in [0.2, 0.25) is 0 Å². The molecule has 3 aromatic rings. The van der Waals surface area contributed by atoms with Gasteiger partial charge in [-0.2, -0.15) is 0 Å². The molecule has 1 aromatic heterocycles. The van der Waals surface area contributed by atoms with Gasteiger partial charge < -0.3 is 14.4 Å². The first kappa shape index (κ1) is 20.0. The summed E-state index contributed by atoms with van der Waals surface area (Å²) >= 11 is 0. The summed E-state index contributed by atoms with van der Waals surface area (Å²) in [6.45, 7) is 7.20. The molecule has 0 unspecified atom stereocenters. The number of nitrogens with zero attached hydrogens (tertiary/aromatic N) is 3. The van der Waals surface area contributed by atoms with E-state index >= 15 is 0 Å². The standard InChI is InChI=1S/C24H26FN3O3/c1-24(2)14-31-20-12-17(23(29)30)11-19-22(20)28(24)21(26-19)13-27-8-6-15(7-9-27)16-4-3-5-18(25)10-16/h3-5,10-12,15H,6-9,13-14H2,1-2H3,(H,29,30). The molecular weight excluding hydrogens is 397 g/mol. The van der Waals surface area contributed by atoms with E-state index in [1.165, 1.54) is 6.07 Å². The number of likely N-dealkylation sites (tertiary alicyclic amines) is 1. The largest absolute Gasteiger partial charge is 0.489 e. The molecule has 0 amide bonds. The van der Waals surface area contributed by atoms with Gasteiger partial charge in [0, 0.05) is 0 Å². The van der Waals surface area contributed by atoms with E-state index in [2.05, 4.69) is 23.3 Å². The van der Waals surface area contributed by atoms with Crippen LogP contribution in [-0.2, 0) is 12.1 Å². The SMILES string of the molecule is CC1(C)COc2cc(C(=O)O)cc3nc(CN4CCC(c5cccc(F)c5)CC4)n1c23. The molecular formula is C24H26FN3O3. The molecule has 0 aliphatic carbocycles. The Balaban J connectivity index is 1.41. The Bertz CT molecular complexity index is 1160. The minimum absolute atomic E-state index is 0.177. The molecule has 1 saturated heterocycles. The van der Waals surface area contributed by atoms with E-state index < -0.39 is 5.97 Å². The van der Waals surface area contributed by atoms with Gasteiger partial charge in [0.05, 0.1) is 23.2 Å². The van der Waals surface area contributed by atoms with Crippen molar-refractivity contribution in [2.24, 2.45) is 0 Å². The molecule has 162 valence electrons. The van der Waals surface area contributed by atoms with Gasteiger partial charge in [-0.25, -0.2) is 14.2 Å². The zero-order chi connectivity index (χ0) is 21.8. The number of imidazole rings is 1. The second kappa shape index (κ2) is 7.34. The van der Waals surface area contributed by atoms with Gasteiger partial charge in [-0.05, 0) is 75.5 Å². The summed E-state index contributed by atoms with van der Waals surface area (Å²) in [4.78, 5) is 18.7. The molecule has 0 radical (unpaired) electrons. The van der Waals surface area contributed by atoms with Gasteiger partial charge in [0.2, 0.25) is 0 Å². The number of hydrogen-bond acceptors (Lipinski definition) is 4. The zero-order valence-electron chi connectivity index (χ0n) is 17.8. The summed E-state index contributed by atoms with van der Waals surface area (Å²) in [6.07, 6.45) is 1.95. The van der Waals surface area contributed by atoms with Crippen LogP contribution in [0.4, 0.5) is 4.39 Å². The fourth-order valence-corrected chi connectivity index (χ4v) is 4.92. The molecule has 1 N–H and O–H groups in total. The third-order valence-electron chi connectivity index (χ3n) is 6.49. The minimum Gasteiger partial charge on any atom is -0.489 e. The highest BCUT2D eigenvalue weighted by atomic mass is 19.1. The smallest absolute Gasteiger partial charge is 0.335 e. The maximum absolute atomic E-state index is 13.6. The molecule has 31 heavy (non-hydrogen) atoms. The van der Waals surface area contributed by atoms with Crippen molar-refractivity contribution in [3.8, 4) is 5.75 Å². The number of benzene rings is 2. The van der Waals surface area contributed by atoms with Crippen molar-refractivity contribution in [1.82, 2.24) is 14.5 Å². The Kier molecular flexibility index (Phi) is 4.73. The predicted molar refractivity (Wildman–Crippen MR) is 115 cm³/mol. The fourth-order valence-electron chi connectivity index (χ4n) is 4.92. The van der Waals surface area contributed by atoms with E-state index in [-0.39, 0.29) is 16.9 Å². The van der Waals surface area contributed by atoms with Gasteiger partial charge in [0.1, 0.15) is 29.5 Å². The van der Waals surface area contributed by atoms with E-state index in [1.54, 1.807) is 24.3 Å². The first-order chi connectivity index (χ1) is 14.8. The van der Waals surface area contributed by atoms with Gasteiger partial charge in [0.15, 0.2) is 0 Å². The van der Waals surface area contributed by atoms with E-state index in [9.17, 15) is 14.3 Å². The molecule has 0 bridgehead atoms. The quantitative estimate of drug-likeness (QED) is 0.675. The van der Waals surface area contributed by atoms with Crippen LogP contribution < -0.4 is 4.74 Å². The molecule has 6 nitrogen and oxygen atoms in total. The van der Waals surface area contributed by atoms with E-state index in [1.807, 2.05) is 6.07 Å². The molecule has 1 fully saturated rings. The van der Waals surface area contributed by atoms with Crippen molar-refractivity contribution in [1.29, 1.82) is 0 Å². The lowest BCUT2D eigenvalue weighted by atomic mass is 9.89. The highest BCUT2D eigenvalue weighted by Crippen LogP contribution is 2.38. The minimum atomic E-state index is -0.984. The van der Waals surface area contributed by atoms with Crippen molar-refractivity contribution in [2.45, 2.75) is 44.7 Å². The number of rotatable bonds is 4. The lowest BCUT2D eigenvalue weighted by molar-refractivity contribution is 0.0696. The first-order valence-corrected chi connectivity index (χ1v) is 10.7. The van der Waals surface area contributed by atoms with Gasteiger partial charge >= 0.3 is 5.97 Å². The molecule has 2 aliphatic heterocycles. The third-order valence-corrected chi connectivity index (χ3v) is 6.49. The number of halogens is 1. The average Bonchev–Trinajstić information content (AvgIpc) is 3.11. The Hall–Kier alpha value is -2.93. The van der Waals surface area contributed by atoms with Crippen LogP contribution in [0.3, 0.4) is 0 Å². The van der Waals surface area contributed by atoms with Crippen molar-refractivity contribution < 1.29 is 19.0 Å². The average molecular weight is 423 g/mol. The van der Waals surface area contributed by atoms with Crippen LogP contribution in [0.25, 0.3) is 11.0 Å². The van der Waals surface area contributed by atoms with Crippen molar-refractivity contribution >= 4 is 17.0 Å². The Labute approximate surface area is 180 Å². The Morgan fingerprint density at radius 2 is 2.03 bits per heavy atom. The molecule has 3 heterocycles. The Morgan fingerprint density at radius 1 is 1.26 bits per heavy atom. The van der Waals surface area contributed by atoms with Gasteiger partial charge in [-0.3, -0.25) is 4.90 Å². The summed E-state index contributed by atoms with van der Waals surface area (Å²) < 4.78 is 21.7. The lowest BCUT2D eigenvalue weighted by Gasteiger charge is -2.36. The number of carbonyl (C=O) groups is 1. The van der Waals surface area contributed by atoms with Crippen LogP contribution in [0.5, 0.6) is 5.75 Å². The number of carboxylic acids is 1. The van der Waals surface area contributed by atoms with E-state index in [0.717, 1.165) is 42.8 Å². The summed E-state index contributed by atoms with van der Waals surface area (Å²) in [6, 6.07) is 10.1. The molecule has 2 aromatic carbocycles. The first-order valence-electron chi connectivity index (χ1n) is 10.7. The molecule has 0 atom stereocenters. The van der Waals surface area contributed by atoms with Crippen molar-refractivity contribution in [2.75, 3.05) is 19.7 Å². The van der Waals surface area contributed by atoms with Gasteiger partial charge in [-0.1, -0.05) is 12.1 Å². The van der Waals surface area contributed by atoms with Crippen LogP contribution in [0.1, 0.15) is 54.4 Å². The second-order valence-corrected chi connectivity index (χ2v) is 9.22. The number of ether oxygens (including phenoxy) is 1. The lowest BCUT2D eigenvalue weighted by Crippen LogP contribution is -2.40. The molecule has 0 saturated carbocycles. The second-order valence-electron chi connectivity index (χ2n) is 9.22. The maximum atomic E-state index is 13.6. The van der Waals surface area contributed by atoms with E-state index in [0.29, 0.717) is 30.3 Å². The van der Waals surface area contributed by atoms with Gasteiger partial charge in [-0.15, -0.1) is 0 Å². The normalized spacial score (nSPS) is 18.8. The molecule has 7 heteroatoms. The highest BCUT2D eigenvalue weighted by molar-refractivity contribution is 5.95. The number of aromatic carboxylic acids is 1. The third kappa shape index (κ3) is 3.57. The molecule has 0 spiro atoms. The fraction of sp³-hybridized carbons (Fsp3) is 0.417. The monoisotopic (exact) mass is 423 g/mol. The molecule has 5 rings (SSSR count). The number of carboxylic acid groups (broad SMARTS) is 1. The highest BCUT2D eigenvalue weighted by Gasteiger charge is 2.34.